The molecule has 0 amide bonds. The largest absolute Gasteiger partial charge is 0.459 e. The van der Waals surface area contributed by atoms with E-state index in [0.717, 1.165) is 92.8 Å². The van der Waals surface area contributed by atoms with Crippen LogP contribution in [0.25, 0.3) is 28.7 Å². The van der Waals surface area contributed by atoms with Crippen LogP contribution in [0.2, 0.25) is 0 Å². The highest BCUT2D eigenvalue weighted by Gasteiger charge is 2.38. The van der Waals surface area contributed by atoms with Gasteiger partial charge in [-0.05, 0) is 147 Å². The number of allylic oxidation sites excluding steroid dienone is 16. The summed E-state index contributed by atoms with van der Waals surface area (Å²) in [7, 11) is 0. The number of para-hydroxylation sites is 1. The molecule has 2 aliphatic heterocycles. The third-order valence-corrected chi connectivity index (χ3v) is 14.9. The Balaban J connectivity index is 0.909. The summed E-state index contributed by atoms with van der Waals surface area (Å²) in [6.45, 7) is 0. The van der Waals surface area contributed by atoms with Crippen LogP contribution >= 0.6 is 0 Å². The summed E-state index contributed by atoms with van der Waals surface area (Å²) >= 11 is 0. The maximum absolute atomic E-state index is 7.07. The van der Waals surface area contributed by atoms with Crippen molar-refractivity contribution in [3.8, 4) is 0 Å². The lowest BCUT2D eigenvalue weighted by atomic mass is 9.79. The van der Waals surface area contributed by atoms with E-state index in [2.05, 4.69) is 143 Å². The van der Waals surface area contributed by atoms with Gasteiger partial charge in [0.1, 0.15) is 11.3 Å². The summed E-state index contributed by atoms with van der Waals surface area (Å²) in [6.07, 6.45) is 49.4. The van der Waals surface area contributed by atoms with Crippen molar-refractivity contribution in [1.29, 1.82) is 0 Å². The van der Waals surface area contributed by atoms with Crippen LogP contribution in [-0.2, 0) is 19.3 Å². The molecular formula is C56H50N4O. The molecule has 2 aromatic carbocycles. The topological polar surface area (TPSA) is 46.0 Å². The normalized spacial score (nSPS) is 25.4. The van der Waals surface area contributed by atoms with Gasteiger partial charge in [0.05, 0.1) is 11.8 Å². The first-order valence-corrected chi connectivity index (χ1v) is 23.0. The van der Waals surface area contributed by atoms with Gasteiger partial charge in [-0.3, -0.25) is 4.57 Å². The molecule has 0 spiro atoms. The number of aromatic nitrogens is 1. The van der Waals surface area contributed by atoms with Gasteiger partial charge >= 0.3 is 0 Å². The fraction of sp³-hybridized carbons (Fsp3) is 0.286. The average molecular weight is 795 g/mol. The van der Waals surface area contributed by atoms with Gasteiger partial charge in [-0.15, -0.1) is 0 Å². The van der Waals surface area contributed by atoms with Gasteiger partial charge < -0.3 is 9.32 Å². The molecule has 7 aliphatic carbocycles. The molecule has 4 heterocycles. The first-order chi connectivity index (χ1) is 30.3. The lowest BCUT2D eigenvalue weighted by Crippen LogP contribution is -2.30. The van der Waals surface area contributed by atoms with E-state index in [1.165, 1.54) is 85.7 Å². The quantitative estimate of drug-likeness (QED) is 0.207. The minimum atomic E-state index is 0.0195. The van der Waals surface area contributed by atoms with Crippen LogP contribution in [0.15, 0.2) is 153 Å². The smallest absolute Gasteiger partial charge is 0.230 e. The Hall–Kier alpha value is -6.20. The molecule has 300 valence electrons. The Morgan fingerprint density at radius 2 is 1.66 bits per heavy atom. The van der Waals surface area contributed by atoms with Crippen LogP contribution in [0, 0.1) is 5.92 Å². The van der Waals surface area contributed by atoms with Crippen molar-refractivity contribution >= 4 is 46.1 Å². The van der Waals surface area contributed by atoms with Crippen LogP contribution in [0.5, 0.6) is 0 Å². The SMILES string of the molecule is C1=CCCC(N2C3=CC=CCC3c3cc(C4=Cc5c6c(n(C7=NC8CC=CC=C8C(c8cccc9c%10c(oc89)C(C8C=CC=CC8)CC=C%10)=N7)c5CC4)CCCC6)ccc32)=C1. The van der Waals surface area contributed by atoms with Gasteiger partial charge in [-0.1, -0.05) is 97.2 Å². The van der Waals surface area contributed by atoms with Crippen LogP contribution in [0.1, 0.15) is 120 Å². The number of anilines is 1. The van der Waals surface area contributed by atoms with E-state index in [9.17, 15) is 0 Å². The van der Waals surface area contributed by atoms with Gasteiger partial charge in [0, 0.05) is 62.4 Å². The highest BCUT2D eigenvalue weighted by Crippen LogP contribution is 2.51. The molecule has 4 aromatic rings. The Morgan fingerprint density at radius 1 is 0.738 bits per heavy atom. The van der Waals surface area contributed by atoms with Crippen LogP contribution in [-0.4, -0.2) is 22.3 Å². The number of furan rings is 1. The van der Waals surface area contributed by atoms with E-state index in [4.69, 9.17) is 14.4 Å². The van der Waals surface area contributed by atoms with E-state index in [0.29, 0.717) is 17.8 Å². The number of nitrogens with zero attached hydrogens (tertiary/aromatic N) is 4. The molecule has 9 aliphatic rings. The fourth-order valence-electron chi connectivity index (χ4n) is 12.0. The molecule has 0 radical (unpaired) electrons. The summed E-state index contributed by atoms with van der Waals surface area (Å²) in [5.41, 5.74) is 19.7. The molecule has 0 bridgehead atoms. The predicted octanol–water partition coefficient (Wildman–Crippen LogP) is 13.2. The zero-order chi connectivity index (χ0) is 40.0. The summed E-state index contributed by atoms with van der Waals surface area (Å²) in [5, 5.41) is 1.18. The third-order valence-electron chi connectivity index (χ3n) is 14.9. The number of hydrogen-bond donors (Lipinski definition) is 0. The van der Waals surface area contributed by atoms with Gasteiger partial charge in [-0.2, -0.15) is 0 Å². The highest BCUT2D eigenvalue weighted by atomic mass is 16.3. The zero-order valence-electron chi connectivity index (χ0n) is 34.7. The standard InChI is InChI=1S/C56H50N4O/c1-3-15-35(16-4-1)39-22-13-23-42-43-24-14-25-45(55(43)61-54(39)42)53-44-21-7-10-26-48(44)57-56(58-53)60-50-28-12-9-20-41(50)47-34-37(30-32-52(47)60)36-29-31-51-46(33-36)40-19-8-11-27-49(40)59(51)38-17-5-2-6-18-38/h1-5,7-8,10-11,13-15,17,21,23-25,27,29,31,33-35,39-40,48H,6,9,12,16,18-20,22,26,28,30,32H2. The van der Waals surface area contributed by atoms with Gasteiger partial charge in [0.25, 0.3) is 0 Å². The van der Waals surface area contributed by atoms with E-state index < -0.39 is 0 Å². The maximum atomic E-state index is 7.07. The Morgan fingerprint density at radius 3 is 2.59 bits per heavy atom. The molecule has 4 unspecified atom stereocenters. The van der Waals surface area contributed by atoms with Gasteiger partial charge in [-0.25, -0.2) is 9.98 Å². The second kappa shape index (κ2) is 14.2. The summed E-state index contributed by atoms with van der Waals surface area (Å²) in [6, 6.07) is 14.0. The van der Waals surface area contributed by atoms with Crippen molar-refractivity contribution in [2.45, 2.75) is 94.9 Å². The van der Waals surface area contributed by atoms with E-state index in [1.54, 1.807) is 0 Å². The van der Waals surface area contributed by atoms with Crippen molar-refractivity contribution in [3.05, 3.63) is 189 Å². The van der Waals surface area contributed by atoms with Crippen molar-refractivity contribution in [2.24, 2.45) is 15.9 Å². The number of rotatable bonds is 4. The van der Waals surface area contributed by atoms with Crippen LogP contribution in [0.3, 0.4) is 0 Å². The molecule has 4 atom stereocenters. The summed E-state index contributed by atoms with van der Waals surface area (Å²) in [5.74, 6) is 3.15. The second-order valence-corrected chi connectivity index (χ2v) is 18.3. The molecule has 5 nitrogen and oxygen atoms in total. The average Bonchev–Trinajstić information content (AvgIpc) is 3.99. The first kappa shape index (κ1) is 35.5. The zero-order valence-corrected chi connectivity index (χ0v) is 34.7. The van der Waals surface area contributed by atoms with Crippen LogP contribution < -0.4 is 4.90 Å². The number of benzene rings is 2. The number of hydrogen-bond acceptors (Lipinski definition) is 4. The summed E-state index contributed by atoms with van der Waals surface area (Å²) < 4.78 is 9.58. The minimum absolute atomic E-state index is 0.0195. The van der Waals surface area contributed by atoms with Gasteiger partial charge in [0.15, 0.2) is 0 Å². The van der Waals surface area contributed by atoms with E-state index in [-0.39, 0.29) is 6.04 Å². The van der Waals surface area contributed by atoms with E-state index in [1.807, 2.05) is 0 Å². The minimum Gasteiger partial charge on any atom is -0.459 e. The molecular weight excluding hydrogens is 745 g/mol. The molecule has 2 aromatic heterocycles. The lowest BCUT2D eigenvalue weighted by molar-refractivity contribution is 0.414. The third kappa shape index (κ3) is 5.58. The maximum Gasteiger partial charge on any atom is 0.230 e. The number of fused-ring (bicyclic) bond motifs is 10. The molecule has 13 rings (SSSR count). The number of aliphatic imine (C=N–C) groups is 2. The Labute approximate surface area is 358 Å². The Bertz CT molecular complexity index is 2950. The monoisotopic (exact) mass is 794 g/mol. The molecule has 0 saturated heterocycles. The second-order valence-electron chi connectivity index (χ2n) is 18.3. The molecule has 61 heavy (non-hydrogen) atoms. The van der Waals surface area contributed by atoms with Crippen molar-refractivity contribution in [3.63, 3.8) is 0 Å². The summed E-state index contributed by atoms with van der Waals surface area (Å²) in [4.78, 5) is 13.7. The molecule has 0 N–H and O–H groups in total. The van der Waals surface area contributed by atoms with Gasteiger partial charge in [0.2, 0.25) is 5.96 Å². The first-order valence-electron chi connectivity index (χ1n) is 23.0. The molecule has 0 saturated carbocycles. The van der Waals surface area contributed by atoms with Crippen LogP contribution in [0.4, 0.5) is 5.69 Å². The van der Waals surface area contributed by atoms with Crippen molar-refractivity contribution in [1.82, 2.24) is 4.57 Å². The predicted molar refractivity (Wildman–Crippen MR) is 251 cm³/mol. The van der Waals surface area contributed by atoms with Crippen molar-refractivity contribution in [2.75, 3.05) is 4.90 Å². The molecule has 5 heteroatoms. The fourth-order valence-corrected chi connectivity index (χ4v) is 12.0. The lowest BCUT2D eigenvalue weighted by Gasteiger charge is -2.28. The highest BCUT2D eigenvalue weighted by molar-refractivity contribution is 6.24. The van der Waals surface area contributed by atoms with Crippen molar-refractivity contribution < 1.29 is 4.42 Å². The van der Waals surface area contributed by atoms with E-state index >= 15 is 0 Å². The molecule has 0 fully saturated rings. The Kier molecular flexibility index (Phi) is 8.27.